The van der Waals surface area contributed by atoms with E-state index in [0.717, 1.165) is 10.4 Å². The first-order valence-corrected chi connectivity index (χ1v) is 11.9. The zero-order chi connectivity index (χ0) is 22.7. The number of benzene rings is 2. The fourth-order valence-corrected chi connectivity index (χ4v) is 5.07. The Bertz CT molecular complexity index is 1340. The summed E-state index contributed by atoms with van der Waals surface area (Å²) in [5, 5.41) is 3.84. The maximum Gasteiger partial charge on any atom is 0.262 e. The van der Waals surface area contributed by atoms with Crippen LogP contribution in [0, 0.1) is 0 Å². The molecule has 0 unspecified atom stereocenters. The van der Waals surface area contributed by atoms with Crippen LogP contribution in [0.1, 0.15) is 23.7 Å². The van der Waals surface area contributed by atoms with Gasteiger partial charge in [0.05, 0.1) is 11.1 Å². The minimum atomic E-state index is -0.126. The molecule has 2 heterocycles. The number of hydrogen-bond acceptors (Lipinski definition) is 6. The summed E-state index contributed by atoms with van der Waals surface area (Å²) in [5.41, 5.74) is 2.11. The second-order valence-electron chi connectivity index (χ2n) is 7.14. The van der Waals surface area contributed by atoms with Crippen LogP contribution in [0.4, 0.5) is 5.69 Å². The number of amides is 1. The van der Waals surface area contributed by atoms with Crippen LogP contribution in [-0.4, -0.2) is 27.0 Å². The van der Waals surface area contributed by atoms with Crippen molar-refractivity contribution in [1.82, 2.24) is 9.55 Å². The molecular formula is C24H21N3O3S2. The van der Waals surface area contributed by atoms with Gasteiger partial charge in [0.2, 0.25) is 5.91 Å². The number of carbonyl (C=O) groups excluding carboxylic acids is 2. The normalized spacial score (nSPS) is 10.9. The Morgan fingerprint density at radius 1 is 1.09 bits per heavy atom. The Balaban J connectivity index is 1.51. The SMILES string of the molecule is CCC(=O)Nc1ccc(C(=O)CSc2nc3sc(-c4ccccc4)cc3c(=O)n2C)cc1. The van der Waals surface area contributed by atoms with Crippen molar-refractivity contribution in [3.8, 4) is 10.4 Å². The van der Waals surface area contributed by atoms with Crippen molar-refractivity contribution >= 4 is 50.7 Å². The minimum absolute atomic E-state index is 0.0751. The molecule has 2 aromatic carbocycles. The lowest BCUT2D eigenvalue weighted by Crippen LogP contribution is -2.19. The number of nitrogens with zero attached hydrogens (tertiary/aromatic N) is 2. The molecule has 0 atom stereocenters. The average molecular weight is 464 g/mol. The highest BCUT2D eigenvalue weighted by Crippen LogP contribution is 2.32. The third-order valence-electron chi connectivity index (χ3n) is 4.93. The molecule has 0 aliphatic carbocycles. The molecule has 6 nitrogen and oxygen atoms in total. The Morgan fingerprint density at radius 2 is 1.81 bits per heavy atom. The lowest BCUT2D eigenvalue weighted by molar-refractivity contribution is -0.115. The van der Waals surface area contributed by atoms with Crippen LogP contribution >= 0.6 is 23.1 Å². The van der Waals surface area contributed by atoms with Gasteiger partial charge in [-0.05, 0) is 35.9 Å². The standard InChI is InChI=1S/C24H21N3O3S2/c1-3-21(29)25-17-11-9-15(10-12-17)19(28)14-31-24-26-22-18(23(30)27(24)2)13-20(32-22)16-7-5-4-6-8-16/h4-13H,3,14H2,1-2H3,(H,25,29). The van der Waals surface area contributed by atoms with E-state index < -0.39 is 0 Å². The van der Waals surface area contributed by atoms with Crippen LogP contribution in [0.5, 0.6) is 0 Å². The number of fused-ring (bicyclic) bond motifs is 1. The molecule has 0 spiro atoms. The van der Waals surface area contributed by atoms with E-state index in [1.165, 1.54) is 27.7 Å². The van der Waals surface area contributed by atoms with E-state index in [2.05, 4.69) is 10.3 Å². The van der Waals surface area contributed by atoms with Gasteiger partial charge in [0, 0.05) is 29.6 Å². The predicted molar refractivity (Wildman–Crippen MR) is 131 cm³/mol. The van der Waals surface area contributed by atoms with Crippen molar-refractivity contribution in [2.24, 2.45) is 7.05 Å². The number of nitrogens with one attached hydrogen (secondary N) is 1. The first-order valence-electron chi connectivity index (χ1n) is 10.1. The summed E-state index contributed by atoms with van der Waals surface area (Å²) in [6.07, 6.45) is 0.393. The van der Waals surface area contributed by atoms with Gasteiger partial charge in [0.1, 0.15) is 4.83 Å². The summed E-state index contributed by atoms with van der Waals surface area (Å²) < 4.78 is 1.49. The van der Waals surface area contributed by atoms with E-state index in [0.29, 0.717) is 33.0 Å². The largest absolute Gasteiger partial charge is 0.326 e. The number of Topliss-reactive ketones (excluding diaryl/α,β-unsaturated/α-hetero) is 1. The highest BCUT2D eigenvalue weighted by atomic mass is 32.2. The molecule has 1 amide bonds. The quantitative estimate of drug-likeness (QED) is 0.237. The predicted octanol–water partition coefficient (Wildman–Crippen LogP) is 4.99. The third-order valence-corrected chi connectivity index (χ3v) is 7.04. The van der Waals surface area contributed by atoms with E-state index >= 15 is 0 Å². The Kier molecular flexibility index (Phi) is 6.53. The number of anilines is 1. The summed E-state index contributed by atoms with van der Waals surface area (Å²) in [7, 11) is 1.67. The fourth-order valence-electron chi connectivity index (χ4n) is 3.12. The molecule has 0 saturated carbocycles. The number of thiophene rings is 1. The maximum atomic E-state index is 12.9. The van der Waals surface area contributed by atoms with Crippen molar-refractivity contribution in [3.63, 3.8) is 0 Å². The van der Waals surface area contributed by atoms with Gasteiger partial charge in [-0.1, -0.05) is 49.0 Å². The van der Waals surface area contributed by atoms with Crippen molar-refractivity contribution in [2.45, 2.75) is 18.5 Å². The molecule has 8 heteroatoms. The van der Waals surface area contributed by atoms with Gasteiger partial charge in [-0.3, -0.25) is 19.0 Å². The zero-order valence-electron chi connectivity index (χ0n) is 17.6. The lowest BCUT2D eigenvalue weighted by Gasteiger charge is -2.07. The molecular weight excluding hydrogens is 442 g/mol. The van der Waals surface area contributed by atoms with E-state index in [4.69, 9.17) is 0 Å². The molecule has 0 fully saturated rings. The van der Waals surface area contributed by atoms with Crippen LogP contribution in [-0.2, 0) is 11.8 Å². The maximum absolute atomic E-state index is 12.9. The summed E-state index contributed by atoms with van der Waals surface area (Å²) in [6, 6.07) is 18.6. The number of hydrogen-bond donors (Lipinski definition) is 1. The van der Waals surface area contributed by atoms with Crippen LogP contribution in [0.3, 0.4) is 0 Å². The first kappa shape index (κ1) is 22.0. The van der Waals surface area contributed by atoms with Crippen LogP contribution < -0.4 is 10.9 Å². The average Bonchev–Trinajstić information content (AvgIpc) is 3.25. The van der Waals surface area contributed by atoms with Gasteiger partial charge >= 0.3 is 0 Å². The monoisotopic (exact) mass is 463 g/mol. The molecule has 0 saturated heterocycles. The van der Waals surface area contributed by atoms with Crippen LogP contribution in [0.15, 0.2) is 70.6 Å². The third kappa shape index (κ3) is 4.66. The molecule has 4 rings (SSSR count). The van der Waals surface area contributed by atoms with Crippen molar-refractivity contribution in [2.75, 3.05) is 11.1 Å². The number of rotatable bonds is 7. The van der Waals surface area contributed by atoms with Gasteiger partial charge < -0.3 is 5.32 Å². The van der Waals surface area contributed by atoms with Crippen molar-refractivity contribution in [1.29, 1.82) is 0 Å². The molecule has 0 aliphatic rings. The van der Waals surface area contributed by atoms with Gasteiger partial charge in [-0.25, -0.2) is 4.98 Å². The lowest BCUT2D eigenvalue weighted by atomic mass is 10.1. The smallest absolute Gasteiger partial charge is 0.262 e. The van der Waals surface area contributed by atoms with E-state index in [1.54, 1.807) is 38.2 Å². The molecule has 0 aliphatic heterocycles. The van der Waals surface area contributed by atoms with Crippen molar-refractivity contribution < 1.29 is 9.59 Å². The van der Waals surface area contributed by atoms with Gasteiger partial charge in [-0.15, -0.1) is 11.3 Å². The summed E-state index contributed by atoms with van der Waals surface area (Å²) in [4.78, 5) is 43.3. The Labute approximate surface area is 193 Å². The molecule has 4 aromatic rings. The second kappa shape index (κ2) is 9.50. The van der Waals surface area contributed by atoms with E-state index in [1.807, 2.05) is 36.4 Å². The van der Waals surface area contributed by atoms with Gasteiger partial charge in [0.15, 0.2) is 10.9 Å². The fraction of sp³-hybridized carbons (Fsp3) is 0.167. The Hall–Kier alpha value is -3.23. The number of carbonyl (C=O) groups is 2. The molecule has 2 aromatic heterocycles. The Morgan fingerprint density at radius 3 is 2.50 bits per heavy atom. The number of thioether (sulfide) groups is 1. The second-order valence-corrected chi connectivity index (χ2v) is 9.12. The van der Waals surface area contributed by atoms with Gasteiger partial charge in [-0.2, -0.15) is 0 Å². The van der Waals surface area contributed by atoms with E-state index in [-0.39, 0.29) is 23.0 Å². The summed E-state index contributed by atoms with van der Waals surface area (Å²) >= 11 is 2.71. The molecule has 1 N–H and O–H groups in total. The van der Waals surface area contributed by atoms with Crippen molar-refractivity contribution in [3.05, 3.63) is 76.6 Å². The summed E-state index contributed by atoms with van der Waals surface area (Å²) in [6.45, 7) is 1.78. The minimum Gasteiger partial charge on any atom is -0.326 e. The highest BCUT2D eigenvalue weighted by Gasteiger charge is 2.15. The highest BCUT2D eigenvalue weighted by molar-refractivity contribution is 7.99. The van der Waals surface area contributed by atoms with Crippen LogP contribution in [0.2, 0.25) is 0 Å². The molecule has 0 bridgehead atoms. The topological polar surface area (TPSA) is 81.1 Å². The molecule has 0 radical (unpaired) electrons. The van der Waals surface area contributed by atoms with E-state index in [9.17, 15) is 14.4 Å². The summed E-state index contributed by atoms with van der Waals surface area (Å²) in [5.74, 6) is 0.00323. The molecule has 32 heavy (non-hydrogen) atoms. The molecule has 162 valence electrons. The van der Waals surface area contributed by atoms with Gasteiger partial charge in [0.25, 0.3) is 5.56 Å². The number of ketones is 1. The zero-order valence-corrected chi connectivity index (χ0v) is 19.3. The van der Waals surface area contributed by atoms with Crippen LogP contribution in [0.25, 0.3) is 20.7 Å². The number of aromatic nitrogens is 2. The first-order chi connectivity index (χ1) is 15.5.